The molecule has 2 aromatic heterocycles. The predicted molar refractivity (Wildman–Crippen MR) is 100 cm³/mol. The molecule has 0 spiro atoms. The average Bonchev–Trinajstić information content (AvgIpc) is 2.97. The van der Waals surface area contributed by atoms with Crippen LogP contribution in [0.1, 0.15) is 10.4 Å². The Labute approximate surface area is 166 Å². The number of methoxy groups -OCH3 is 2. The van der Waals surface area contributed by atoms with Crippen LogP contribution in [0.4, 0.5) is 0 Å². The summed E-state index contributed by atoms with van der Waals surface area (Å²) >= 11 is 3.21. The summed E-state index contributed by atoms with van der Waals surface area (Å²) in [6.45, 7) is -0.370. The minimum Gasteiger partial charge on any atom is -0.493 e. The van der Waals surface area contributed by atoms with Crippen molar-refractivity contribution in [3.8, 4) is 11.5 Å². The second-order valence-electron chi connectivity index (χ2n) is 5.62. The molecule has 0 amide bonds. The van der Waals surface area contributed by atoms with Crippen LogP contribution in [0.2, 0.25) is 0 Å². The van der Waals surface area contributed by atoms with Crippen LogP contribution in [0.15, 0.2) is 33.9 Å². The topological polar surface area (TPSA) is 115 Å². The molecule has 10 nitrogen and oxygen atoms in total. The molecule has 0 atom stereocenters. The Balaban J connectivity index is 1.84. The summed E-state index contributed by atoms with van der Waals surface area (Å²) < 4.78 is 18.0. The molecule has 0 saturated carbocycles. The fourth-order valence-electron chi connectivity index (χ4n) is 2.54. The smallest absolute Gasteiger partial charge is 0.337 e. The molecule has 11 heteroatoms. The quantitative estimate of drug-likeness (QED) is 0.421. The number of hydrogen-bond donors (Lipinski definition) is 0. The second kappa shape index (κ2) is 7.80. The van der Waals surface area contributed by atoms with E-state index in [1.165, 1.54) is 43.4 Å². The Kier molecular flexibility index (Phi) is 5.45. The molecule has 3 aromatic rings. The Hall–Kier alpha value is -3.21. The Morgan fingerprint density at radius 1 is 1.21 bits per heavy atom. The van der Waals surface area contributed by atoms with Gasteiger partial charge in [-0.1, -0.05) is 0 Å². The number of rotatable bonds is 5. The number of benzene rings is 1. The third-order valence-corrected chi connectivity index (χ3v) is 4.43. The van der Waals surface area contributed by atoms with E-state index in [1.807, 2.05) is 0 Å². The summed E-state index contributed by atoms with van der Waals surface area (Å²) in [5.74, 6) is -0.992. The van der Waals surface area contributed by atoms with Crippen LogP contribution in [0.5, 0.6) is 11.5 Å². The minimum absolute atomic E-state index is 0.102. The van der Waals surface area contributed by atoms with E-state index in [1.54, 1.807) is 7.05 Å². The third kappa shape index (κ3) is 3.60. The van der Waals surface area contributed by atoms with E-state index in [9.17, 15) is 14.4 Å². The SMILES string of the molecule is COC(=O)c1ccc(OC(=O)Cn2cnc3c(c(Br)nn3C)c2=O)c(OC)c1. The first-order valence-corrected chi connectivity index (χ1v) is 8.69. The molecule has 0 unspecified atom stereocenters. The molecule has 0 N–H and O–H groups in total. The first-order chi connectivity index (χ1) is 13.3. The number of nitrogens with zero attached hydrogens (tertiary/aromatic N) is 4. The van der Waals surface area contributed by atoms with Gasteiger partial charge in [0.15, 0.2) is 17.1 Å². The van der Waals surface area contributed by atoms with Gasteiger partial charge in [-0.25, -0.2) is 19.3 Å². The number of carbonyl (C=O) groups is 2. The lowest BCUT2D eigenvalue weighted by Gasteiger charge is -2.11. The summed E-state index contributed by atoms with van der Waals surface area (Å²) in [4.78, 5) is 40.6. The summed E-state index contributed by atoms with van der Waals surface area (Å²) in [5, 5.41) is 4.34. The van der Waals surface area contributed by atoms with E-state index in [0.717, 1.165) is 4.57 Å². The van der Waals surface area contributed by atoms with Crippen molar-refractivity contribution in [3.05, 3.63) is 45.0 Å². The van der Waals surface area contributed by atoms with E-state index < -0.39 is 17.5 Å². The van der Waals surface area contributed by atoms with Crippen molar-refractivity contribution >= 4 is 38.9 Å². The van der Waals surface area contributed by atoms with Crippen molar-refractivity contribution in [2.24, 2.45) is 7.05 Å². The molecule has 0 aliphatic carbocycles. The van der Waals surface area contributed by atoms with Crippen molar-refractivity contribution in [2.45, 2.75) is 6.54 Å². The maximum absolute atomic E-state index is 12.6. The first kappa shape index (κ1) is 19.5. The second-order valence-corrected chi connectivity index (χ2v) is 6.37. The molecule has 0 saturated heterocycles. The third-order valence-electron chi connectivity index (χ3n) is 3.88. The highest BCUT2D eigenvalue weighted by Crippen LogP contribution is 2.28. The highest BCUT2D eigenvalue weighted by atomic mass is 79.9. The van der Waals surface area contributed by atoms with E-state index in [2.05, 4.69) is 30.7 Å². The molecule has 0 bridgehead atoms. The number of aromatic nitrogens is 4. The van der Waals surface area contributed by atoms with Crippen LogP contribution in [0.3, 0.4) is 0 Å². The Bertz CT molecular complexity index is 1140. The van der Waals surface area contributed by atoms with Gasteiger partial charge in [0.1, 0.15) is 22.9 Å². The maximum Gasteiger partial charge on any atom is 0.337 e. The van der Waals surface area contributed by atoms with Crippen LogP contribution in [-0.2, 0) is 23.1 Å². The van der Waals surface area contributed by atoms with Gasteiger partial charge in [0, 0.05) is 7.05 Å². The molecule has 0 aliphatic heterocycles. The fourth-order valence-corrected chi connectivity index (χ4v) is 3.12. The maximum atomic E-state index is 12.6. The summed E-state index contributed by atoms with van der Waals surface area (Å²) in [7, 11) is 4.28. The summed E-state index contributed by atoms with van der Waals surface area (Å²) in [6.07, 6.45) is 1.25. The van der Waals surface area contributed by atoms with Crippen LogP contribution in [-0.4, -0.2) is 45.5 Å². The number of hydrogen-bond acceptors (Lipinski definition) is 8. The van der Waals surface area contributed by atoms with Gasteiger partial charge in [-0.3, -0.25) is 9.36 Å². The summed E-state index contributed by atoms with van der Waals surface area (Å²) in [5.41, 5.74) is 0.197. The molecule has 2 heterocycles. The Morgan fingerprint density at radius 2 is 1.96 bits per heavy atom. The van der Waals surface area contributed by atoms with Crippen LogP contribution >= 0.6 is 15.9 Å². The molecular formula is C17H15BrN4O6. The molecule has 1 aromatic carbocycles. The van der Waals surface area contributed by atoms with Crippen molar-refractivity contribution in [1.29, 1.82) is 0 Å². The normalized spacial score (nSPS) is 10.7. The molecule has 0 radical (unpaired) electrons. The summed E-state index contributed by atoms with van der Waals surface area (Å²) in [6, 6.07) is 4.23. The zero-order chi connectivity index (χ0) is 20.4. The molecule has 0 aliphatic rings. The largest absolute Gasteiger partial charge is 0.493 e. The van der Waals surface area contributed by atoms with Gasteiger partial charge in [-0.2, -0.15) is 5.10 Å². The van der Waals surface area contributed by atoms with Crippen molar-refractivity contribution in [1.82, 2.24) is 19.3 Å². The fraction of sp³-hybridized carbons (Fsp3) is 0.235. The zero-order valence-corrected chi connectivity index (χ0v) is 16.7. The van der Waals surface area contributed by atoms with Gasteiger partial charge in [-0.05, 0) is 34.1 Å². The predicted octanol–water partition coefficient (Wildman–Crippen LogP) is 1.29. The van der Waals surface area contributed by atoms with Gasteiger partial charge in [-0.15, -0.1) is 0 Å². The minimum atomic E-state index is -0.715. The zero-order valence-electron chi connectivity index (χ0n) is 15.1. The van der Waals surface area contributed by atoms with Crippen molar-refractivity contribution < 1.29 is 23.8 Å². The molecular weight excluding hydrogens is 436 g/mol. The molecule has 28 heavy (non-hydrogen) atoms. The molecule has 3 rings (SSSR count). The van der Waals surface area contributed by atoms with Crippen LogP contribution in [0.25, 0.3) is 11.0 Å². The monoisotopic (exact) mass is 450 g/mol. The average molecular weight is 451 g/mol. The van der Waals surface area contributed by atoms with Gasteiger partial charge >= 0.3 is 11.9 Å². The Morgan fingerprint density at radius 3 is 2.64 bits per heavy atom. The van der Waals surface area contributed by atoms with E-state index >= 15 is 0 Å². The molecule has 146 valence electrons. The molecule has 0 fully saturated rings. The number of esters is 2. The highest BCUT2D eigenvalue weighted by Gasteiger charge is 2.18. The van der Waals surface area contributed by atoms with Gasteiger partial charge in [0.05, 0.1) is 19.8 Å². The standard InChI is InChI=1S/C17H15BrN4O6/c1-21-15-13(14(18)20-21)16(24)22(8-19-15)7-12(23)28-10-5-4-9(17(25)27-3)6-11(10)26-2/h4-6,8H,7H2,1-3H3. The first-order valence-electron chi connectivity index (χ1n) is 7.90. The van der Waals surface area contributed by atoms with Gasteiger partial charge < -0.3 is 14.2 Å². The van der Waals surface area contributed by atoms with Crippen LogP contribution in [0, 0.1) is 0 Å². The van der Waals surface area contributed by atoms with Crippen molar-refractivity contribution in [3.63, 3.8) is 0 Å². The number of aryl methyl sites for hydroxylation is 1. The lowest BCUT2D eigenvalue weighted by Crippen LogP contribution is -2.27. The lowest BCUT2D eigenvalue weighted by molar-refractivity contribution is -0.135. The van der Waals surface area contributed by atoms with Crippen molar-refractivity contribution in [2.75, 3.05) is 14.2 Å². The van der Waals surface area contributed by atoms with E-state index in [0.29, 0.717) is 10.3 Å². The lowest BCUT2D eigenvalue weighted by atomic mass is 10.2. The van der Waals surface area contributed by atoms with Gasteiger partial charge in [0.25, 0.3) is 5.56 Å². The number of halogens is 1. The van der Waals surface area contributed by atoms with Crippen LogP contribution < -0.4 is 15.0 Å². The van der Waals surface area contributed by atoms with E-state index in [4.69, 9.17) is 9.47 Å². The van der Waals surface area contributed by atoms with E-state index in [-0.39, 0.29) is 29.0 Å². The van der Waals surface area contributed by atoms with Gasteiger partial charge in [0.2, 0.25) is 0 Å². The number of fused-ring (bicyclic) bond motifs is 1. The number of carbonyl (C=O) groups excluding carboxylic acids is 2. The highest BCUT2D eigenvalue weighted by molar-refractivity contribution is 9.10. The number of ether oxygens (including phenoxy) is 3.